The van der Waals surface area contributed by atoms with Crippen LogP contribution >= 0.6 is 11.8 Å². The number of thioether (sulfide) groups is 1. The first-order valence-electron chi connectivity index (χ1n) is 5.72. The first kappa shape index (κ1) is 13.5. The summed E-state index contributed by atoms with van der Waals surface area (Å²) in [6.07, 6.45) is 1.73. The molecule has 0 radical (unpaired) electrons. The van der Waals surface area contributed by atoms with Gasteiger partial charge in [-0.25, -0.2) is 9.67 Å². The zero-order valence-electron chi connectivity index (χ0n) is 10.9. The van der Waals surface area contributed by atoms with E-state index in [0.717, 1.165) is 11.5 Å². The zero-order valence-corrected chi connectivity index (χ0v) is 11.7. The molecule has 0 saturated heterocycles. The molecule has 0 aliphatic carbocycles. The van der Waals surface area contributed by atoms with E-state index in [1.807, 2.05) is 13.8 Å². The van der Waals surface area contributed by atoms with E-state index in [1.165, 1.54) is 16.4 Å². The SMILES string of the molecule is Cc1cnc(C(C)NC(=O)CSc2nnnn2C)[nH]1. The van der Waals surface area contributed by atoms with Gasteiger partial charge in [-0.1, -0.05) is 11.8 Å². The van der Waals surface area contributed by atoms with E-state index in [-0.39, 0.29) is 17.7 Å². The van der Waals surface area contributed by atoms with Gasteiger partial charge in [0.1, 0.15) is 5.82 Å². The van der Waals surface area contributed by atoms with Gasteiger partial charge in [-0.15, -0.1) is 5.10 Å². The van der Waals surface area contributed by atoms with Crippen molar-refractivity contribution in [2.75, 3.05) is 5.75 Å². The molecule has 2 rings (SSSR count). The van der Waals surface area contributed by atoms with E-state index >= 15 is 0 Å². The number of hydrogen-bond acceptors (Lipinski definition) is 6. The van der Waals surface area contributed by atoms with Crippen molar-refractivity contribution in [3.63, 3.8) is 0 Å². The monoisotopic (exact) mass is 281 g/mol. The van der Waals surface area contributed by atoms with Gasteiger partial charge in [-0.3, -0.25) is 4.79 Å². The van der Waals surface area contributed by atoms with E-state index in [2.05, 4.69) is 30.8 Å². The molecule has 19 heavy (non-hydrogen) atoms. The molecule has 8 nitrogen and oxygen atoms in total. The van der Waals surface area contributed by atoms with Gasteiger partial charge in [0.15, 0.2) is 0 Å². The number of H-pyrrole nitrogens is 1. The number of aryl methyl sites for hydroxylation is 2. The van der Waals surface area contributed by atoms with Crippen molar-refractivity contribution in [3.8, 4) is 0 Å². The molecule has 1 atom stereocenters. The van der Waals surface area contributed by atoms with E-state index < -0.39 is 0 Å². The van der Waals surface area contributed by atoms with Crippen LogP contribution in [0.4, 0.5) is 0 Å². The maximum Gasteiger partial charge on any atom is 0.231 e. The number of tetrazole rings is 1. The van der Waals surface area contributed by atoms with Crippen LogP contribution in [0.3, 0.4) is 0 Å². The van der Waals surface area contributed by atoms with Gasteiger partial charge < -0.3 is 10.3 Å². The molecule has 0 saturated carbocycles. The van der Waals surface area contributed by atoms with Crippen molar-refractivity contribution in [2.24, 2.45) is 7.05 Å². The average molecular weight is 281 g/mol. The predicted molar refractivity (Wildman–Crippen MR) is 69.4 cm³/mol. The van der Waals surface area contributed by atoms with Crippen LogP contribution in [0.25, 0.3) is 0 Å². The van der Waals surface area contributed by atoms with Crippen molar-refractivity contribution in [3.05, 3.63) is 17.7 Å². The highest BCUT2D eigenvalue weighted by Crippen LogP contribution is 2.13. The summed E-state index contributed by atoms with van der Waals surface area (Å²) in [5, 5.41) is 14.5. The van der Waals surface area contributed by atoms with Crippen LogP contribution in [0.15, 0.2) is 11.4 Å². The number of carbonyl (C=O) groups is 1. The standard InChI is InChI=1S/C10H15N7OS/c1-6-4-11-9(12-6)7(2)13-8(18)5-19-10-14-15-16-17(10)3/h4,7H,5H2,1-3H3,(H,11,12)(H,13,18). The van der Waals surface area contributed by atoms with Gasteiger partial charge in [-0.05, 0) is 24.3 Å². The Morgan fingerprint density at radius 1 is 1.63 bits per heavy atom. The number of hydrogen-bond donors (Lipinski definition) is 2. The molecular formula is C10H15N7OS. The lowest BCUT2D eigenvalue weighted by Crippen LogP contribution is -2.29. The highest BCUT2D eigenvalue weighted by atomic mass is 32.2. The Morgan fingerprint density at radius 2 is 2.42 bits per heavy atom. The lowest BCUT2D eigenvalue weighted by Gasteiger charge is -2.10. The highest BCUT2D eigenvalue weighted by Gasteiger charge is 2.13. The van der Waals surface area contributed by atoms with Crippen molar-refractivity contribution < 1.29 is 4.79 Å². The molecular weight excluding hydrogens is 266 g/mol. The van der Waals surface area contributed by atoms with E-state index in [1.54, 1.807) is 13.2 Å². The molecule has 0 aromatic carbocycles. The fourth-order valence-corrected chi connectivity index (χ4v) is 2.14. The minimum Gasteiger partial charge on any atom is -0.346 e. The Morgan fingerprint density at radius 3 is 3.00 bits per heavy atom. The second-order valence-corrected chi connectivity index (χ2v) is 5.06. The topological polar surface area (TPSA) is 101 Å². The number of nitrogens with zero attached hydrogens (tertiary/aromatic N) is 5. The summed E-state index contributed by atoms with van der Waals surface area (Å²) in [6, 6.07) is -0.153. The molecule has 2 aromatic heterocycles. The van der Waals surface area contributed by atoms with Gasteiger partial charge in [0, 0.05) is 18.9 Å². The van der Waals surface area contributed by atoms with Crippen LogP contribution in [0, 0.1) is 6.92 Å². The molecule has 2 aromatic rings. The third-order valence-electron chi connectivity index (χ3n) is 2.42. The highest BCUT2D eigenvalue weighted by molar-refractivity contribution is 7.99. The van der Waals surface area contributed by atoms with E-state index in [0.29, 0.717) is 5.16 Å². The number of imidazole rings is 1. The molecule has 9 heteroatoms. The molecule has 1 unspecified atom stereocenters. The lowest BCUT2D eigenvalue weighted by molar-refractivity contribution is -0.119. The van der Waals surface area contributed by atoms with Gasteiger partial charge in [-0.2, -0.15) is 0 Å². The second kappa shape index (κ2) is 5.83. The Labute approximate surface area is 114 Å². The Hall–Kier alpha value is -1.90. The van der Waals surface area contributed by atoms with Crippen LogP contribution in [0.2, 0.25) is 0 Å². The van der Waals surface area contributed by atoms with Crippen molar-refractivity contribution in [2.45, 2.75) is 25.0 Å². The van der Waals surface area contributed by atoms with Gasteiger partial charge in [0.05, 0.1) is 11.8 Å². The smallest absolute Gasteiger partial charge is 0.231 e. The molecule has 102 valence electrons. The van der Waals surface area contributed by atoms with Crippen LogP contribution in [-0.4, -0.2) is 41.8 Å². The molecule has 0 fully saturated rings. The minimum absolute atomic E-state index is 0.0884. The van der Waals surface area contributed by atoms with Crippen LogP contribution in [0.1, 0.15) is 24.5 Å². The quantitative estimate of drug-likeness (QED) is 0.760. The van der Waals surface area contributed by atoms with Crippen molar-refractivity contribution in [1.82, 2.24) is 35.5 Å². The number of carbonyl (C=O) groups excluding carboxylic acids is 1. The number of aromatic nitrogens is 6. The summed E-state index contributed by atoms with van der Waals surface area (Å²) >= 11 is 1.29. The molecule has 1 amide bonds. The molecule has 0 aliphatic rings. The fourth-order valence-electron chi connectivity index (χ4n) is 1.48. The van der Waals surface area contributed by atoms with Gasteiger partial charge in [0.2, 0.25) is 11.1 Å². The maximum absolute atomic E-state index is 11.8. The lowest BCUT2D eigenvalue weighted by atomic mass is 10.3. The Balaban J connectivity index is 1.83. The van der Waals surface area contributed by atoms with Crippen LogP contribution in [0.5, 0.6) is 0 Å². The zero-order chi connectivity index (χ0) is 13.8. The third kappa shape index (κ3) is 3.53. The predicted octanol–water partition coefficient (Wildman–Crippen LogP) is 0.211. The van der Waals surface area contributed by atoms with Gasteiger partial charge >= 0.3 is 0 Å². The number of amides is 1. The summed E-state index contributed by atoms with van der Waals surface area (Å²) in [4.78, 5) is 19.1. The molecule has 2 heterocycles. The second-order valence-electron chi connectivity index (χ2n) is 4.11. The molecule has 0 bridgehead atoms. The summed E-state index contributed by atoms with van der Waals surface area (Å²) < 4.78 is 1.53. The number of nitrogens with one attached hydrogen (secondary N) is 2. The maximum atomic E-state index is 11.8. The average Bonchev–Trinajstić information content (AvgIpc) is 2.95. The first-order chi connectivity index (χ1) is 9.06. The van der Waals surface area contributed by atoms with Crippen LogP contribution < -0.4 is 5.32 Å². The van der Waals surface area contributed by atoms with E-state index in [9.17, 15) is 4.79 Å². The number of rotatable bonds is 5. The summed E-state index contributed by atoms with van der Waals surface area (Å²) in [6.45, 7) is 3.80. The first-order valence-corrected chi connectivity index (χ1v) is 6.71. The van der Waals surface area contributed by atoms with Crippen molar-refractivity contribution >= 4 is 17.7 Å². The van der Waals surface area contributed by atoms with Crippen molar-refractivity contribution in [1.29, 1.82) is 0 Å². The number of aromatic amines is 1. The largest absolute Gasteiger partial charge is 0.346 e. The molecule has 0 aliphatic heterocycles. The Bertz CT molecular complexity index is 564. The summed E-state index contributed by atoms with van der Waals surface area (Å²) in [5.74, 6) is 0.920. The minimum atomic E-state index is -0.153. The third-order valence-corrected chi connectivity index (χ3v) is 3.43. The Kier molecular flexibility index (Phi) is 4.15. The fraction of sp³-hybridized carbons (Fsp3) is 0.500. The normalized spacial score (nSPS) is 12.4. The van der Waals surface area contributed by atoms with E-state index in [4.69, 9.17) is 0 Å². The summed E-state index contributed by atoms with van der Waals surface area (Å²) in [5.41, 5.74) is 0.968. The summed E-state index contributed by atoms with van der Waals surface area (Å²) in [7, 11) is 1.73. The van der Waals surface area contributed by atoms with Crippen LogP contribution in [-0.2, 0) is 11.8 Å². The molecule has 0 spiro atoms. The van der Waals surface area contributed by atoms with Gasteiger partial charge in [0.25, 0.3) is 0 Å². The molecule has 2 N–H and O–H groups in total.